The predicted octanol–water partition coefficient (Wildman–Crippen LogP) is 3.08. The van der Waals surface area contributed by atoms with Gasteiger partial charge in [0.25, 0.3) is 0 Å². The molecule has 5 nitrogen and oxygen atoms in total. The van der Waals surface area contributed by atoms with E-state index in [4.69, 9.17) is 15.2 Å². The van der Waals surface area contributed by atoms with Gasteiger partial charge in [0.15, 0.2) is 0 Å². The molecule has 0 unspecified atom stereocenters. The zero-order chi connectivity index (χ0) is 15.4. The van der Waals surface area contributed by atoms with Gasteiger partial charge in [0.1, 0.15) is 17.3 Å². The first kappa shape index (κ1) is 14.8. The summed E-state index contributed by atoms with van der Waals surface area (Å²) in [4.78, 5) is 15.7. The zero-order valence-electron chi connectivity index (χ0n) is 11.7. The second-order valence-electron chi connectivity index (χ2n) is 4.31. The van der Waals surface area contributed by atoms with E-state index in [2.05, 4.69) is 4.98 Å². The number of aromatic nitrogens is 1. The standard InChI is InChI=1S/C15H15FN2O3/c1-3-20-15(19)11-6-7-18-14(13(11)17)21-10-4-5-12(16)9(2)8-10/h4-8H,3,17H2,1-2H3. The van der Waals surface area contributed by atoms with Crippen LogP contribution in [0.15, 0.2) is 30.5 Å². The van der Waals surface area contributed by atoms with Crippen molar-refractivity contribution in [2.45, 2.75) is 13.8 Å². The summed E-state index contributed by atoms with van der Waals surface area (Å²) < 4.78 is 23.6. The number of ether oxygens (including phenoxy) is 2. The van der Waals surface area contributed by atoms with E-state index in [1.54, 1.807) is 13.8 Å². The highest BCUT2D eigenvalue weighted by Crippen LogP contribution is 2.28. The normalized spacial score (nSPS) is 10.2. The van der Waals surface area contributed by atoms with Gasteiger partial charge in [-0.25, -0.2) is 14.2 Å². The molecular weight excluding hydrogens is 275 g/mol. The first-order chi connectivity index (χ1) is 10.0. The smallest absolute Gasteiger partial charge is 0.340 e. The summed E-state index contributed by atoms with van der Waals surface area (Å²) in [6, 6.07) is 5.72. The van der Waals surface area contributed by atoms with Crippen LogP contribution in [0.2, 0.25) is 0 Å². The third kappa shape index (κ3) is 3.28. The number of benzene rings is 1. The fourth-order valence-electron chi connectivity index (χ4n) is 1.71. The Bertz CT molecular complexity index is 674. The van der Waals surface area contributed by atoms with Gasteiger partial charge in [-0.05, 0) is 43.7 Å². The maximum atomic E-state index is 13.2. The highest BCUT2D eigenvalue weighted by molar-refractivity contribution is 5.96. The number of hydrogen-bond donors (Lipinski definition) is 1. The van der Waals surface area contributed by atoms with Crippen LogP contribution in [0.5, 0.6) is 11.6 Å². The van der Waals surface area contributed by atoms with Gasteiger partial charge in [-0.3, -0.25) is 0 Å². The number of nitrogens with zero attached hydrogens (tertiary/aromatic N) is 1. The van der Waals surface area contributed by atoms with Gasteiger partial charge in [-0.2, -0.15) is 0 Å². The molecule has 0 radical (unpaired) electrons. The van der Waals surface area contributed by atoms with Gasteiger partial charge in [-0.15, -0.1) is 0 Å². The van der Waals surface area contributed by atoms with Crippen LogP contribution < -0.4 is 10.5 Å². The minimum absolute atomic E-state index is 0.0755. The fraction of sp³-hybridized carbons (Fsp3) is 0.200. The number of carbonyl (C=O) groups is 1. The van der Waals surface area contributed by atoms with Gasteiger partial charge in [0.05, 0.1) is 12.2 Å². The van der Waals surface area contributed by atoms with Crippen molar-refractivity contribution in [2.75, 3.05) is 12.3 Å². The van der Waals surface area contributed by atoms with Crippen LogP contribution in [0.25, 0.3) is 0 Å². The molecule has 0 aliphatic rings. The second-order valence-corrected chi connectivity index (χ2v) is 4.31. The maximum absolute atomic E-state index is 13.2. The van der Waals surface area contributed by atoms with Crippen LogP contribution in [-0.2, 0) is 4.74 Å². The van der Waals surface area contributed by atoms with E-state index in [0.29, 0.717) is 11.3 Å². The van der Waals surface area contributed by atoms with E-state index in [0.717, 1.165) is 0 Å². The number of nitrogen functional groups attached to an aromatic ring is 1. The molecule has 0 atom stereocenters. The average molecular weight is 290 g/mol. The molecule has 2 aromatic rings. The van der Waals surface area contributed by atoms with Gasteiger partial charge >= 0.3 is 5.97 Å². The summed E-state index contributed by atoms with van der Waals surface area (Å²) in [6.07, 6.45) is 1.40. The van der Waals surface area contributed by atoms with Crippen molar-refractivity contribution in [3.8, 4) is 11.6 Å². The van der Waals surface area contributed by atoms with E-state index < -0.39 is 5.97 Å². The van der Waals surface area contributed by atoms with Gasteiger partial charge in [-0.1, -0.05) is 0 Å². The Morgan fingerprint density at radius 3 is 2.81 bits per heavy atom. The molecule has 2 N–H and O–H groups in total. The minimum Gasteiger partial charge on any atom is -0.462 e. The summed E-state index contributed by atoms with van der Waals surface area (Å²) in [7, 11) is 0. The number of carbonyl (C=O) groups excluding carboxylic acids is 1. The lowest BCUT2D eigenvalue weighted by Crippen LogP contribution is -2.09. The molecule has 1 heterocycles. The lowest BCUT2D eigenvalue weighted by molar-refractivity contribution is 0.0527. The molecule has 0 aliphatic heterocycles. The lowest BCUT2D eigenvalue weighted by Gasteiger charge is -2.11. The highest BCUT2D eigenvalue weighted by Gasteiger charge is 2.16. The molecule has 1 aromatic heterocycles. The summed E-state index contributed by atoms with van der Waals surface area (Å²) in [5.41, 5.74) is 6.57. The number of esters is 1. The van der Waals surface area contributed by atoms with E-state index >= 15 is 0 Å². The van der Waals surface area contributed by atoms with E-state index in [-0.39, 0.29) is 29.6 Å². The number of hydrogen-bond acceptors (Lipinski definition) is 5. The maximum Gasteiger partial charge on any atom is 0.340 e. The number of nitrogens with two attached hydrogens (primary N) is 1. The van der Waals surface area contributed by atoms with Gasteiger partial charge in [0.2, 0.25) is 5.88 Å². The Hall–Kier alpha value is -2.63. The number of halogens is 1. The van der Waals surface area contributed by atoms with E-state index in [9.17, 15) is 9.18 Å². The molecular formula is C15H15FN2O3. The van der Waals surface area contributed by atoms with E-state index in [1.807, 2.05) is 0 Å². The Morgan fingerprint density at radius 2 is 2.14 bits per heavy atom. The molecule has 0 amide bonds. The first-order valence-corrected chi connectivity index (χ1v) is 6.38. The fourth-order valence-corrected chi connectivity index (χ4v) is 1.71. The Morgan fingerprint density at radius 1 is 1.38 bits per heavy atom. The van der Waals surface area contributed by atoms with Crippen LogP contribution in [0, 0.1) is 12.7 Å². The summed E-state index contributed by atoms with van der Waals surface area (Å²) in [5.74, 6) is -0.415. The lowest BCUT2D eigenvalue weighted by atomic mass is 10.2. The third-order valence-corrected chi connectivity index (χ3v) is 2.79. The Kier molecular flexibility index (Phi) is 4.37. The van der Waals surface area contributed by atoms with Crippen molar-refractivity contribution < 1.29 is 18.7 Å². The first-order valence-electron chi connectivity index (χ1n) is 6.38. The summed E-state index contributed by atoms with van der Waals surface area (Å²) in [6.45, 7) is 3.57. The van der Waals surface area contributed by atoms with Crippen LogP contribution in [0.4, 0.5) is 10.1 Å². The summed E-state index contributed by atoms with van der Waals surface area (Å²) in [5, 5.41) is 0. The van der Waals surface area contributed by atoms with Crippen LogP contribution in [0.1, 0.15) is 22.8 Å². The van der Waals surface area contributed by atoms with Crippen molar-refractivity contribution in [3.63, 3.8) is 0 Å². The third-order valence-electron chi connectivity index (χ3n) is 2.79. The molecule has 0 aliphatic carbocycles. The monoisotopic (exact) mass is 290 g/mol. The van der Waals surface area contributed by atoms with Gasteiger partial charge in [0, 0.05) is 6.20 Å². The second kappa shape index (κ2) is 6.21. The molecule has 6 heteroatoms. The number of rotatable bonds is 4. The molecule has 21 heavy (non-hydrogen) atoms. The SMILES string of the molecule is CCOC(=O)c1ccnc(Oc2ccc(F)c(C)c2)c1N. The van der Waals surface area contributed by atoms with Crippen molar-refractivity contribution in [1.82, 2.24) is 4.98 Å². The Labute approximate surface area is 121 Å². The molecule has 1 aromatic carbocycles. The molecule has 0 bridgehead atoms. The van der Waals surface area contributed by atoms with Gasteiger partial charge < -0.3 is 15.2 Å². The number of pyridine rings is 1. The largest absolute Gasteiger partial charge is 0.462 e. The topological polar surface area (TPSA) is 74.4 Å². The molecule has 0 spiro atoms. The minimum atomic E-state index is -0.544. The quantitative estimate of drug-likeness (QED) is 0.876. The van der Waals surface area contributed by atoms with Crippen LogP contribution in [0.3, 0.4) is 0 Å². The predicted molar refractivity (Wildman–Crippen MR) is 75.8 cm³/mol. The molecule has 2 rings (SSSR count). The van der Waals surface area contributed by atoms with Crippen LogP contribution in [-0.4, -0.2) is 17.6 Å². The number of aryl methyl sites for hydroxylation is 1. The molecule has 0 saturated carbocycles. The van der Waals surface area contributed by atoms with Crippen molar-refractivity contribution in [2.24, 2.45) is 0 Å². The zero-order valence-corrected chi connectivity index (χ0v) is 11.7. The highest BCUT2D eigenvalue weighted by atomic mass is 19.1. The van der Waals surface area contributed by atoms with Crippen molar-refractivity contribution >= 4 is 11.7 Å². The average Bonchev–Trinajstić information content (AvgIpc) is 2.45. The molecule has 110 valence electrons. The van der Waals surface area contributed by atoms with Crippen molar-refractivity contribution in [3.05, 3.63) is 47.4 Å². The van der Waals surface area contributed by atoms with E-state index in [1.165, 1.54) is 30.5 Å². The van der Waals surface area contributed by atoms with Crippen LogP contribution >= 0.6 is 0 Å². The number of anilines is 1. The summed E-state index contributed by atoms with van der Waals surface area (Å²) >= 11 is 0. The molecule has 0 saturated heterocycles. The Balaban J connectivity index is 2.30. The molecule has 0 fully saturated rings. The van der Waals surface area contributed by atoms with Crippen molar-refractivity contribution in [1.29, 1.82) is 0 Å².